The molecule has 0 aliphatic carbocycles. The first kappa shape index (κ1) is 13.5. The van der Waals surface area contributed by atoms with Crippen LogP contribution in [0.1, 0.15) is 13.8 Å². The maximum atomic E-state index is 12.2. The second-order valence-corrected chi connectivity index (χ2v) is 6.63. The Balaban J connectivity index is 3.28. The quantitative estimate of drug-likeness (QED) is 0.869. The van der Waals surface area contributed by atoms with Gasteiger partial charge < -0.3 is 5.73 Å². The summed E-state index contributed by atoms with van der Waals surface area (Å²) in [4.78, 5) is 0.234. The van der Waals surface area contributed by atoms with E-state index in [1.165, 1.54) is 10.4 Å². The molecule has 6 heteroatoms. The Morgan fingerprint density at radius 3 is 2.38 bits per heavy atom. The number of benzene rings is 1. The molecule has 0 fully saturated rings. The summed E-state index contributed by atoms with van der Waals surface area (Å²) in [6, 6.07) is 4.58. The predicted molar refractivity (Wildman–Crippen MR) is 68.6 cm³/mol. The predicted octanol–water partition coefficient (Wildman–Crippen LogP) is 2.06. The first-order valence-electron chi connectivity index (χ1n) is 4.80. The van der Waals surface area contributed by atoms with E-state index in [2.05, 4.69) is 15.9 Å². The number of hydrogen-bond acceptors (Lipinski definition) is 3. The highest BCUT2D eigenvalue weighted by Crippen LogP contribution is 2.27. The van der Waals surface area contributed by atoms with Crippen molar-refractivity contribution in [2.24, 2.45) is 0 Å². The fourth-order valence-corrected chi connectivity index (χ4v) is 3.58. The van der Waals surface area contributed by atoms with Crippen molar-refractivity contribution in [3.05, 3.63) is 22.7 Å². The zero-order valence-corrected chi connectivity index (χ0v) is 11.8. The van der Waals surface area contributed by atoms with Gasteiger partial charge >= 0.3 is 0 Å². The van der Waals surface area contributed by atoms with Crippen LogP contribution in [0, 0.1) is 0 Å². The fourth-order valence-electron chi connectivity index (χ4n) is 1.16. The van der Waals surface area contributed by atoms with Gasteiger partial charge in [-0.1, -0.05) is 0 Å². The topological polar surface area (TPSA) is 63.4 Å². The number of sulfonamides is 1. The zero-order chi connectivity index (χ0) is 12.5. The molecule has 0 radical (unpaired) electrons. The number of halogens is 1. The van der Waals surface area contributed by atoms with Gasteiger partial charge in [-0.2, -0.15) is 4.31 Å². The van der Waals surface area contributed by atoms with Crippen LogP contribution in [0.25, 0.3) is 0 Å². The standard InChI is InChI=1S/C10H15BrN2O2S/c1-7(2)13(3)16(14,15)10-5-4-8(12)6-9(10)11/h4-7H,12H2,1-3H3. The second-order valence-electron chi connectivity index (χ2n) is 3.80. The van der Waals surface area contributed by atoms with Crippen molar-refractivity contribution >= 4 is 31.6 Å². The smallest absolute Gasteiger partial charge is 0.244 e. The number of hydrogen-bond donors (Lipinski definition) is 1. The highest BCUT2D eigenvalue weighted by Gasteiger charge is 2.25. The van der Waals surface area contributed by atoms with E-state index in [4.69, 9.17) is 5.73 Å². The Morgan fingerprint density at radius 1 is 1.38 bits per heavy atom. The SMILES string of the molecule is CC(C)N(C)S(=O)(=O)c1ccc(N)cc1Br. The monoisotopic (exact) mass is 306 g/mol. The summed E-state index contributed by atoms with van der Waals surface area (Å²) in [5.41, 5.74) is 6.09. The van der Waals surface area contributed by atoms with Crippen molar-refractivity contribution in [3.8, 4) is 0 Å². The van der Waals surface area contributed by atoms with Crippen LogP contribution >= 0.6 is 15.9 Å². The third-order valence-electron chi connectivity index (χ3n) is 2.34. The van der Waals surface area contributed by atoms with Crippen molar-refractivity contribution in [3.63, 3.8) is 0 Å². The van der Waals surface area contributed by atoms with Crippen LogP contribution in [0.5, 0.6) is 0 Å². The first-order valence-corrected chi connectivity index (χ1v) is 7.03. The van der Waals surface area contributed by atoms with Crippen molar-refractivity contribution in [1.82, 2.24) is 4.31 Å². The van der Waals surface area contributed by atoms with E-state index in [1.54, 1.807) is 19.2 Å². The molecule has 0 heterocycles. The van der Waals surface area contributed by atoms with Gasteiger partial charge in [-0.3, -0.25) is 0 Å². The molecule has 0 bridgehead atoms. The molecule has 0 unspecified atom stereocenters. The summed E-state index contributed by atoms with van der Waals surface area (Å²) in [6.07, 6.45) is 0. The van der Waals surface area contributed by atoms with E-state index < -0.39 is 10.0 Å². The molecule has 0 aliphatic heterocycles. The average molecular weight is 307 g/mol. The zero-order valence-electron chi connectivity index (χ0n) is 9.44. The van der Waals surface area contributed by atoms with Crippen LogP contribution in [0.15, 0.2) is 27.6 Å². The molecule has 90 valence electrons. The molecule has 0 saturated heterocycles. The van der Waals surface area contributed by atoms with Crippen molar-refractivity contribution in [2.75, 3.05) is 12.8 Å². The van der Waals surface area contributed by atoms with Crippen LogP contribution < -0.4 is 5.73 Å². The second kappa shape index (κ2) is 4.73. The summed E-state index contributed by atoms with van der Waals surface area (Å²) >= 11 is 3.21. The van der Waals surface area contributed by atoms with Gasteiger partial charge in [0.2, 0.25) is 10.0 Å². The maximum absolute atomic E-state index is 12.2. The summed E-state index contributed by atoms with van der Waals surface area (Å²) in [5.74, 6) is 0. The van der Waals surface area contributed by atoms with Gasteiger partial charge in [-0.05, 0) is 48.0 Å². The lowest BCUT2D eigenvalue weighted by molar-refractivity contribution is 0.410. The molecule has 0 atom stereocenters. The Hall–Kier alpha value is -0.590. The molecule has 0 aliphatic rings. The van der Waals surface area contributed by atoms with Gasteiger partial charge in [0.05, 0.1) is 4.90 Å². The minimum absolute atomic E-state index is 0.0885. The molecule has 0 spiro atoms. The number of nitrogen functional groups attached to an aromatic ring is 1. The summed E-state index contributed by atoms with van der Waals surface area (Å²) in [7, 11) is -1.90. The number of nitrogens with zero attached hydrogens (tertiary/aromatic N) is 1. The Kier molecular flexibility index (Phi) is 3.98. The molecule has 1 aromatic carbocycles. The molecule has 0 aromatic heterocycles. The summed E-state index contributed by atoms with van der Waals surface area (Å²) in [6.45, 7) is 3.64. The minimum Gasteiger partial charge on any atom is -0.399 e. The molecule has 4 nitrogen and oxygen atoms in total. The Labute approximate surface area is 105 Å². The van der Waals surface area contributed by atoms with Crippen LogP contribution in [-0.4, -0.2) is 25.8 Å². The molecule has 0 saturated carbocycles. The third-order valence-corrected chi connectivity index (χ3v) is 5.35. The van der Waals surface area contributed by atoms with E-state index in [1.807, 2.05) is 13.8 Å². The number of nitrogens with two attached hydrogens (primary N) is 1. The average Bonchev–Trinajstić information content (AvgIpc) is 2.15. The summed E-state index contributed by atoms with van der Waals surface area (Å²) in [5, 5.41) is 0. The Bertz CT molecular complexity index is 486. The molecule has 1 rings (SSSR count). The van der Waals surface area contributed by atoms with Gasteiger partial charge in [-0.25, -0.2) is 8.42 Å². The lowest BCUT2D eigenvalue weighted by Gasteiger charge is -2.21. The first-order chi connectivity index (χ1) is 7.26. The number of rotatable bonds is 3. The van der Waals surface area contributed by atoms with Crippen LogP contribution in [0.2, 0.25) is 0 Å². The minimum atomic E-state index is -3.45. The van der Waals surface area contributed by atoms with Gasteiger partial charge in [0.25, 0.3) is 0 Å². The lowest BCUT2D eigenvalue weighted by atomic mass is 10.3. The van der Waals surface area contributed by atoms with Crippen molar-refractivity contribution < 1.29 is 8.42 Å². The van der Waals surface area contributed by atoms with E-state index >= 15 is 0 Å². The maximum Gasteiger partial charge on any atom is 0.244 e. The fraction of sp³-hybridized carbons (Fsp3) is 0.400. The molecule has 1 aromatic rings. The largest absolute Gasteiger partial charge is 0.399 e. The molecular weight excluding hydrogens is 292 g/mol. The molecule has 16 heavy (non-hydrogen) atoms. The Morgan fingerprint density at radius 2 is 1.94 bits per heavy atom. The van der Waals surface area contributed by atoms with Gasteiger partial charge in [0.15, 0.2) is 0 Å². The van der Waals surface area contributed by atoms with Crippen LogP contribution in [0.3, 0.4) is 0 Å². The van der Waals surface area contributed by atoms with E-state index in [0.29, 0.717) is 10.2 Å². The van der Waals surface area contributed by atoms with Crippen LogP contribution in [0.4, 0.5) is 5.69 Å². The van der Waals surface area contributed by atoms with Crippen LogP contribution in [-0.2, 0) is 10.0 Å². The van der Waals surface area contributed by atoms with Gasteiger partial charge in [-0.15, -0.1) is 0 Å². The third kappa shape index (κ3) is 2.56. The van der Waals surface area contributed by atoms with Gasteiger partial charge in [0, 0.05) is 23.2 Å². The molecule has 2 N–H and O–H groups in total. The van der Waals surface area contributed by atoms with E-state index in [-0.39, 0.29) is 10.9 Å². The van der Waals surface area contributed by atoms with Crippen molar-refractivity contribution in [1.29, 1.82) is 0 Å². The normalized spacial score (nSPS) is 12.4. The highest BCUT2D eigenvalue weighted by atomic mass is 79.9. The van der Waals surface area contributed by atoms with E-state index in [9.17, 15) is 8.42 Å². The summed E-state index contributed by atoms with van der Waals surface area (Å²) < 4.78 is 26.1. The highest BCUT2D eigenvalue weighted by molar-refractivity contribution is 9.10. The van der Waals surface area contributed by atoms with Gasteiger partial charge in [0.1, 0.15) is 0 Å². The molecular formula is C10H15BrN2O2S. The van der Waals surface area contributed by atoms with E-state index in [0.717, 1.165) is 0 Å². The lowest BCUT2D eigenvalue weighted by Crippen LogP contribution is -2.33. The number of anilines is 1. The van der Waals surface area contributed by atoms with Crippen molar-refractivity contribution in [2.45, 2.75) is 24.8 Å². The molecule has 0 amide bonds.